The number of hydrogen-bond acceptors (Lipinski definition) is 4. The monoisotopic (exact) mass is 406 g/mol. The van der Waals surface area contributed by atoms with E-state index in [0.717, 1.165) is 57.7 Å². The summed E-state index contributed by atoms with van der Waals surface area (Å²) in [4.78, 5) is 22.2. The Labute approximate surface area is 180 Å². The fourth-order valence-electron chi connectivity index (χ4n) is 4.84. The van der Waals surface area contributed by atoms with E-state index in [1.807, 2.05) is 18.2 Å². The van der Waals surface area contributed by atoms with Crippen LogP contribution in [-0.2, 0) is 17.8 Å². The number of piperidine rings is 2. The Hall–Kier alpha value is -2.24. The van der Waals surface area contributed by atoms with Gasteiger partial charge in [0.1, 0.15) is 0 Å². The number of amides is 1. The molecular formula is C25H34N4O. The van der Waals surface area contributed by atoms with E-state index in [1.165, 1.54) is 18.4 Å². The molecule has 0 saturated carbocycles. The van der Waals surface area contributed by atoms with Crippen LogP contribution in [0.5, 0.6) is 0 Å². The molecule has 0 spiro atoms. The lowest BCUT2D eigenvalue weighted by Gasteiger charge is -2.42. The average Bonchev–Trinajstić information content (AvgIpc) is 2.81. The molecule has 1 atom stereocenters. The molecule has 2 saturated heterocycles. The summed E-state index contributed by atoms with van der Waals surface area (Å²) >= 11 is 0. The average molecular weight is 407 g/mol. The molecule has 4 rings (SSSR count). The zero-order valence-corrected chi connectivity index (χ0v) is 17.9. The Balaban J connectivity index is 1.20. The van der Waals surface area contributed by atoms with Crippen molar-refractivity contribution in [2.24, 2.45) is 5.92 Å². The molecule has 0 unspecified atom stereocenters. The smallest absolute Gasteiger partial charge is 0.224 e. The Morgan fingerprint density at radius 2 is 1.80 bits per heavy atom. The standard InChI is InChI=1S/C25H34N4O/c30-25(27-15-11-23-10-4-5-14-26-23)22-9-6-16-29(20-22)24-12-17-28(18-13-24)19-21-7-2-1-3-8-21/h1-5,7-8,10,14,22,24H,6,9,11-13,15-20H2,(H,27,30)/t22-/m1/s1. The van der Waals surface area contributed by atoms with Crippen LogP contribution in [0.1, 0.15) is 36.9 Å². The van der Waals surface area contributed by atoms with Gasteiger partial charge in [0.25, 0.3) is 0 Å². The van der Waals surface area contributed by atoms with Gasteiger partial charge >= 0.3 is 0 Å². The van der Waals surface area contributed by atoms with Crippen LogP contribution in [-0.4, -0.2) is 59.5 Å². The molecule has 2 aromatic rings. The van der Waals surface area contributed by atoms with Crippen molar-refractivity contribution in [1.29, 1.82) is 0 Å². The SMILES string of the molecule is O=C(NCCc1ccccn1)[C@@H]1CCCN(C2CCN(Cc3ccccc3)CC2)C1. The Kier molecular flexibility index (Phi) is 7.49. The van der Waals surface area contributed by atoms with Crippen molar-refractivity contribution in [2.75, 3.05) is 32.7 Å². The third-order valence-corrected chi connectivity index (χ3v) is 6.55. The molecule has 1 aromatic carbocycles. The molecule has 2 aliphatic rings. The van der Waals surface area contributed by atoms with Crippen LogP contribution in [0, 0.1) is 5.92 Å². The summed E-state index contributed by atoms with van der Waals surface area (Å²) < 4.78 is 0. The van der Waals surface area contributed by atoms with Gasteiger partial charge in [0.05, 0.1) is 5.92 Å². The van der Waals surface area contributed by atoms with Crippen molar-refractivity contribution >= 4 is 5.91 Å². The molecule has 2 aliphatic heterocycles. The Bertz CT molecular complexity index is 774. The second-order valence-electron chi connectivity index (χ2n) is 8.69. The van der Waals surface area contributed by atoms with E-state index in [-0.39, 0.29) is 11.8 Å². The zero-order chi connectivity index (χ0) is 20.6. The number of likely N-dealkylation sites (tertiary alicyclic amines) is 2. The molecule has 160 valence electrons. The highest BCUT2D eigenvalue weighted by Gasteiger charge is 2.31. The number of benzene rings is 1. The van der Waals surface area contributed by atoms with Crippen molar-refractivity contribution < 1.29 is 4.79 Å². The number of carbonyl (C=O) groups is 1. The summed E-state index contributed by atoms with van der Waals surface area (Å²) in [6, 6.07) is 17.3. The van der Waals surface area contributed by atoms with Crippen LogP contribution in [0.2, 0.25) is 0 Å². The van der Waals surface area contributed by atoms with Crippen molar-refractivity contribution in [3.05, 3.63) is 66.0 Å². The topological polar surface area (TPSA) is 48.5 Å². The summed E-state index contributed by atoms with van der Waals surface area (Å²) in [7, 11) is 0. The zero-order valence-electron chi connectivity index (χ0n) is 17.9. The van der Waals surface area contributed by atoms with E-state index >= 15 is 0 Å². The van der Waals surface area contributed by atoms with E-state index < -0.39 is 0 Å². The molecule has 0 radical (unpaired) electrons. The normalized spacial score (nSPS) is 21.4. The molecule has 30 heavy (non-hydrogen) atoms. The first-order valence-electron chi connectivity index (χ1n) is 11.5. The Morgan fingerprint density at radius 1 is 1.00 bits per heavy atom. The predicted octanol–water partition coefficient (Wildman–Crippen LogP) is 3.12. The third-order valence-electron chi connectivity index (χ3n) is 6.55. The predicted molar refractivity (Wildman–Crippen MR) is 120 cm³/mol. The fraction of sp³-hybridized carbons (Fsp3) is 0.520. The minimum Gasteiger partial charge on any atom is -0.355 e. The number of aromatic nitrogens is 1. The molecular weight excluding hydrogens is 372 g/mol. The maximum Gasteiger partial charge on any atom is 0.224 e. The van der Waals surface area contributed by atoms with Crippen LogP contribution in [0.15, 0.2) is 54.7 Å². The molecule has 1 aromatic heterocycles. The maximum atomic E-state index is 12.7. The molecule has 0 aliphatic carbocycles. The lowest BCUT2D eigenvalue weighted by Crippen LogP contribution is -2.50. The Morgan fingerprint density at radius 3 is 2.57 bits per heavy atom. The number of nitrogens with one attached hydrogen (secondary N) is 1. The van der Waals surface area contributed by atoms with Gasteiger partial charge in [-0.2, -0.15) is 0 Å². The molecule has 1 N–H and O–H groups in total. The van der Waals surface area contributed by atoms with E-state index in [0.29, 0.717) is 12.6 Å². The number of rotatable bonds is 7. The summed E-state index contributed by atoms with van der Waals surface area (Å²) in [5, 5.41) is 3.14. The maximum absolute atomic E-state index is 12.7. The van der Waals surface area contributed by atoms with Gasteiger partial charge in [-0.3, -0.25) is 19.6 Å². The molecule has 0 bridgehead atoms. The van der Waals surface area contributed by atoms with Gasteiger partial charge in [-0.1, -0.05) is 36.4 Å². The quantitative estimate of drug-likeness (QED) is 0.768. The van der Waals surface area contributed by atoms with Crippen LogP contribution in [0.4, 0.5) is 0 Å². The van der Waals surface area contributed by atoms with Gasteiger partial charge in [0.15, 0.2) is 0 Å². The highest BCUT2D eigenvalue weighted by atomic mass is 16.1. The second-order valence-corrected chi connectivity index (χ2v) is 8.69. The number of hydrogen-bond donors (Lipinski definition) is 1. The van der Waals surface area contributed by atoms with Crippen molar-refractivity contribution in [1.82, 2.24) is 20.1 Å². The van der Waals surface area contributed by atoms with Gasteiger partial charge in [-0.25, -0.2) is 0 Å². The highest BCUT2D eigenvalue weighted by molar-refractivity contribution is 5.78. The van der Waals surface area contributed by atoms with E-state index in [9.17, 15) is 4.79 Å². The largest absolute Gasteiger partial charge is 0.355 e. The van der Waals surface area contributed by atoms with Crippen LogP contribution >= 0.6 is 0 Å². The van der Waals surface area contributed by atoms with Gasteiger partial charge in [0, 0.05) is 44.0 Å². The van der Waals surface area contributed by atoms with Crippen molar-refractivity contribution in [2.45, 2.75) is 44.7 Å². The number of nitrogens with zero attached hydrogens (tertiary/aromatic N) is 3. The lowest BCUT2D eigenvalue weighted by atomic mass is 9.93. The molecule has 2 fully saturated rings. The van der Waals surface area contributed by atoms with E-state index in [1.54, 1.807) is 6.20 Å². The first-order chi connectivity index (χ1) is 14.8. The van der Waals surface area contributed by atoms with Gasteiger partial charge < -0.3 is 5.32 Å². The van der Waals surface area contributed by atoms with E-state index in [2.05, 4.69) is 50.4 Å². The van der Waals surface area contributed by atoms with Gasteiger partial charge in [-0.15, -0.1) is 0 Å². The fourth-order valence-corrected chi connectivity index (χ4v) is 4.84. The summed E-state index contributed by atoms with van der Waals surface area (Å²) in [5.74, 6) is 0.349. The van der Waals surface area contributed by atoms with Gasteiger partial charge in [-0.05, 0) is 63.0 Å². The lowest BCUT2D eigenvalue weighted by molar-refractivity contribution is -0.127. The van der Waals surface area contributed by atoms with E-state index in [4.69, 9.17) is 0 Å². The molecule has 5 heteroatoms. The minimum atomic E-state index is 0.129. The molecule has 1 amide bonds. The summed E-state index contributed by atoms with van der Waals surface area (Å²) in [6.07, 6.45) is 7.16. The first-order valence-corrected chi connectivity index (χ1v) is 11.5. The third kappa shape index (κ3) is 5.89. The van der Waals surface area contributed by atoms with Crippen molar-refractivity contribution in [3.63, 3.8) is 0 Å². The first kappa shape index (κ1) is 21.0. The summed E-state index contributed by atoms with van der Waals surface area (Å²) in [5.41, 5.74) is 2.43. The van der Waals surface area contributed by atoms with Crippen LogP contribution in [0.25, 0.3) is 0 Å². The molecule has 5 nitrogen and oxygen atoms in total. The van der Waals surface area contributed by atoms with Crippen LogP contribution < -0.4 is 5.32 Å². The molecule has 3 heterocycles. The van der Waals surface area contributed by atoms with Crippen LogP contribution in [0.3, 0.4) is 0 Å². The second kappa shape index (κ2) is 10.7. The number of carbonyl (C=O) groups excluding carboxylic acids is 1. The summed E-state index contributed by atoms with van der Waals surface area (Å²) in [6.45, 7) is 6.08. The minimum absolute atomic E-state index is 0.129. The van der Waals surface area contributed by atoms with Crippen molar-refractivity contribution in [3.8, 4) is 0 Å². The van der Waals surface area contributed by atoms with Gasteiger partial charge in [0.2, 0.25) is 5.91 Å². The number of pyridine rings is 1. The highest BCUT2D eigenvalue weighted by Crippen LogP contribution is 2.24.